The monoisotopic (exact) mass is 216 g/mol. The van der Waals surface area contributed by atoms with Crippen molar-refractivity contribution in [3.05, 3.63) is 0 Å². The number of hydrogen-bond donors (Lipinski definition) is 0. The first-order valence-corrected chi connectivity index (χ1v) is 0.908. The van der Waals surface area contributed by atoms with Gasteiger partial charge < -0.3 is 15.4 Å². The Morgan fingerprint density at radius 1 is 1.67 bits per heavy atom. The normalized spacial score (nSPS) is 4.17. The van der Waals surface area contributed by atoms with Crippen LogP contribution in [0.15, 0.2) is 0 Å². The number of carboxylic acids is 1. The van der Waals surface area contributed by atoms with Gasteiger partial charge in [0.25, 0.3) is 0 Å². The second-order valence-electron chi connectivity index (χ2n) is 0.492. The molecule has 0 spiro atoms. The van der Waals surface area contributed by atoms with Gasteiger partial charge in [0.15, 0.2) is 0 Å². The van der Waals surface area contributed by atoms with Crippen molar-refractivity contribution < 1.29 is 57.1 Å². The van der Waals surface area contributed by atoms with Crippen LogP contribution in [-0.4, -0.2) is 11.4 Å². The molecular formula is C2H4CeO3. The van der Waals surface area contributed by atoms with Gasteiger partial charge in [-0.2, -0.15) is 0 Å². The molecule has 0 rings (SSSR count). The summed E-state index contributed by atoms with van der Waals surface area (Å²) >= 11 is 0. The predicted octanol–water partition coefficient (Wildman–Crippen LogP) is -1.42. The molecule has 0 radical (unpaired) electrons. The van der Waals surface area contributed by atoms with Gasteiger partial charge in [-0.3, -0.25) is 0 Å². The third-order valence-electron chi connectivity index (χ3n) is 0. The van der Waals surface area contributed by atoms with E-state index in [0.717, 1.165) is 6.92 Å². The minimum atomic E-state index is -1.08. The van der Waals surface area contributed by atoms with Gasteiger partial charge in [0, 0.05) is 5.97 Å². The fourth-order valence-electron chi connectivity index (χ4n) is 0. The zero-order chi connectivity index (χ0) is 3.58. The van der Waals surface area contributed by atoms with E-state index in [4.69, 9.17) is 9.90 Å². The second kappa shape index (κ2) is 9.26. The van der Waals surface area contributed by atoms with Crippen LogP contribution in [0.2, 0.25) is 0 Å². The molecular weight excluding hydrogens is 212 g/mol. The Kier molecular flexibility index (Phi) is 24.4. The number of hydrogen-bond acceptors (Lipinski definition) is 3. The second-order valence-corrected chi connectivity index (χ2v) is 0.492. The van der Waals surface area contributed by atoms with Gasteiger partial charge in [-0.05, 0) is 6.92 Å². The number of rotatable bonds is 0. The van der Waals surface area contributed by atoms with Crippen LogP contribution < -0.4 is 5.11 Å². The van der Waals surface area contributed by atoms with Gasteiger partial charge >= 0.3 is 41.7 Å². The van der Waals surface area contributed by atoms with Gasteiger partial charge in [-0.15, -0.1) is 0 Å². The summed E-state index contributed by atoms with van der Waals surface area (Å²) < 4.78 is 0. The summed E-state index contributed by atoms with van der Waals surface area (Å²) in [6.45, 7) is 0.972. The molecule has 1 N–H and O–H groups in total. The van der Waals surface area contributed by atoms with Crippen molar-refractivity contribution >= 4 is 5.97 Å². The molecule has 0 heterocycles. The molecule has 0 fully saturated rings. The molecule has 0 aliphatic heterocycles. The maximum Gasteiger partial charge on any atom is 2.00 e. The van der Waals surface area contributed by atoms with Crippen molar-refractivity contribution in [2.24, 2.45) is 0 Å². The average Bonchev–Trinajstić information content (AvgIpc) is 0.811. The minimum absolute atomic E-state index is 0. The van der Waals surface area contributed by atoms with Crippen LogP contribution in [-0.2, 0) is 4.79 Å². The fourth-order valence-corrected chi connectivity index (χ4v) is 0. The third kappa shape index (κ3) is 107. The van der Waals surface area contributed by atoms with Crippen LogP contribution in [0, 0.1) is 41.7 Å². The summed E-state index contributed by atoms with van der Waals surface area (Å²) in [6.07, 6.45) is 0. The van der Waals surface area contributed by atoms with Crippen molar-refractivity contribution in [1.82, 2.24) is 0 Å². The Morgan fingerprint density at radius 3 is 1.67 bits per heavy atom. The first-order chi connectivity index (χ1) is 1.73. The van der Waals surface area contributed by atoms with Crippen LogP contribution >= 0.6 is 0 Å². The van der Waals surface area contributed by atoms with E-state index >= 15 is 0 Å². The van der Waals surface area contributed by atoms with E-state index < -0.39 is 5.97 Å². The van der Waals surface area contributed by atoms with E-state index in [2.05, 4.69) is 0 Å². The van der Waals surface area contributed by atoms with Crippen LogP contribution in [0.1, 0.15) is 6.92 Å². The maximum atomic E-state index is 8.89. The van der Waals surface area contributed by atoms with E-state index in [9.17, 15) is 0 Å². The molecule has 0 amide bonds. The zero-order valence-corrected chi connectivity index (χ0v) is 6.40. The van der Waals surface area contributed by atoms with Crippen molar-refractivity contribution in [2.75, 3.05) is 0 Å². The van der Waals surface area contributed by atoms with Gasteiger partial charge in [0.2, 0.25) is 0 Å². The van der Waals surface area contributed by atoms with E-state index in [0.29, 0.717) is 0 Å². The predicted molar refractivity (Wildman–Crippen MR) is 12.6 cm³/mol. The van der Waals surface area contributed by atoms with Crippen molar-refractivity contribution in [1.29, 1.82) is 0 Å². The molecule has 0 atom stereocenters. The summed E-state index contributed by atoms with van der Waals surface area (Å²) in [5.74, 6) is -1.08. The number of carbonyl (C=O) groups is 1. The topological polar surface area (TPSA) is 70.1 Å². The number of aliphatic carboxylic acids is 1. The number of carbonyl (C=O) groups excluding carboxylic acids is 1. The standard InChI is InChI=1S/C2H4O2.Ce.H2O/c1-2(3)4;;/h1H3,(H,3,4);;1H2/q;+2;/p-2. The van der Waals surface area contributed by atoms with Gasteiger partial charge in [-0.25, -0.2) is 0 Å². The molecule has 0 bridgehead atoms. The summed E-state index contributed by atoms with van der Waals surface area (Å²) in [5.41, 5.74) is 0. The molecule has 0 saturated heterocycles. The van der Waals surface area contributed by atoms with Gasteiger partial charge in [0.05, 0.1) is 0 Å². The smallest absolute Gasteiger partial charge is 0.870 e. The molecule has 0 aromatic rings. The van der Waals surface area contributed by atoms with Crippen molar-refractivity contribution in [3.8, 4) is 0 Å². The molecule has 3 nitrogen and oxygen atoms in total. The largest absolute Gasteiger partial charge is 2.00 e. The van der Waals surface area contributed by atoms with Crippen molar-refractivity contribution in [2.45, 2.75) is 6.92 Å². The SMILES string of the molecule is CC(=O)[O-].[Ce+2].[OH-]. The quantitative estimate of drug-likeness (QED) is 0.499. The first-order valence-electron chi connectivity index (χ1n) is 0.908. The van der Waals surface area contributed by atoms with Gasteiger partial charge in [0.1, 0.15) is 0 Å². The summed E-state index contributed by atoms with van der Waals surface area (Å²) in [5, 5.41) is 8.89. The van der Waals surface area contributed by atoms with Crippen LogP contribution in [0.5, 0.6) is 0 Å². The Labute approximate surface area is 69.4 Å². The fraction of sp³-hybridized carbons (Fsp3) is 0.500. The van der Waals surface area contributed by atoms with E-state index in [1.54, 1.807) is 0 Å². The Bertz CT molecular complexity index is 31.8. The van der Waals surface area contributed by atoms with Crippen LogP contribution in [0.4, 0.5) is 0 Å². The van der Waals surface area contributed by atoms with E-state index in [1.165, 1.54) is 0 Å². The number of carboxylic acid groups (broad SMARTS) is 1. The average molecular weight is 216 g/mol. The maximum absolute atomic E-state index is 8.89. The van der Waals surface area contributed by atoms with Crippen LogP contribution in [0.25, 0.3) is 0 Å². The van der Waals surface area contributed by atoms with E-state index in [1.807, 2.05) is 0 Å². The summed E-state index contributed by atoms with van der Waals surface area (Å²) in [7, 11) is 0. The summed E-state index contributed by atoms with van der Waals surface area (Å²) in [6, 6.07) is 0. The molecule has 0 unspecified atom stereocenters. The van der Waals surface area contributed by atoms with E-state index in [-0.39, 0.29) is 47.2 Å². The molecule has 4 heteroatoms. The first kappa shape index (κ1) is 15.8. The Morgan fingerprint density at radius 2 is 1.67 bits per heavy atom. The van der Waals surface area contributed by atoms with Gasteiger partial charge in [-0.1, -0.05) is 0 Å². The van der Waals surface area contributed by atoms with Crippen molar-refractivity contribution in [3.63, 3.8) is 0 Å². The molecule has 0 aliphatic carbocycles. The molecule has 0 aromatic heterocycles. The molecule has 0 aliphatic rings. The molecule has 0 saturated carbocycles. The Hall–Kier alpha value is 0.807. The van der Waals surface area contributed by atoms with Crippen LogP contribution in [0.3, 0.4) is 0 Å². The Balaban J connectivity index is -0.0000000450. The molecule has 0 aromatic carbocycles. The zero-order valence-electron chi connectivity index (χ0n) is 3.26. The molecule has 6 heavy (non-hydrogen) atoms. The molecule has 34 valence electrons. The minimum Gasteiger partial charge on any atom is -0.870 e. The third-order valence-corrected chi connectivity index (χ3v) is 0. The summed E-state index contributed by atoms with van der Waals surface area (Å²) in [4.78, 5) is 8.89.